The lowest BCUT2D eigenvalue weighted by atomic mass is 10.1. The van der Waals surface area contributed by atoms with Crippen LogP contribution < -0.4 is 11.1 Å². The molecule has 3 nitrogen and oxygen atoms in total. The zero-order chi connectivity index (χ0) is 12.3. The molecule has 3 N–H and O–H groups in total. The Morgan fingerprint density at radius 3 is 2.88 bits per heavy atom. The number of alkyl halides is 2. The van der Waals surface area contributed by atoms with Crippen molar-refractivity contribution < 1.29 is 8.78 Å². The number of hydrogen-bond acceptors (Lipinski definition) is 1. The van der Waals surface area contributed by atoms with Crippen LogP contribution in [0, 0.1) is 0 Å². The van der Waals surface area contributed by atoms with E-state index in [9.17, 15) is 8.78 Å². The number of hydrogen-bond donors (Lipinski definition) is 2. The summed E-state index contributed by atoms with van der Waals surface area (Å²) >= 11 is 0. The summed E-state index contributed by atoms with van der Waals surface area (Å²) in [5.74, 6) is 0.0308. The van der Waals surface area contributed by atoms with Crippen molar-refractivity contribution in [2.24, 2.45) is 10.7 Å². The van der Waals surface area contributed by atoms with Gasteiger partial charge in [-0.15, -0.1) is 0 Å². The van der Waals surface area contributed by atoms with E-state index in [0.717, 1.165) is 18.5 Å². The van der Waals surface area contributed by atoms with Crippen molar-refractivity contribution in [3.8, 4) is 0 Å². The smallest absolute Gasteiger partial charge is 0.257 e. The van der Waals surface area contributed by atoms with E-state index in [-0.39, 0.29) is 5.96 Å². The van der Waals surface area contributed by atoms with Gasteiger partial charge in [-0.3, -0.25) is 0 Å². The van der Waals surface area contributed by atoms with Crippen LogP contribution in [0.5, 0.6) is 0 Å². The molecule has 0 amide bonds. The molecule has 0 aliphatic heterocycles. The third-order valence-electron chi connectivity index (χ3n) is 2.77. The van der Waals surface area contributed by atoms with Crippen LogP contribution in [-0.4, -0.2) is 18.9 Å². The summed E-state index contributed by atoms with van der Waals surface area (Å²) in [5.41, 5.74) is 8.97. The zero-order valence-corrected chi connectivity index (χ0v) is 9.42. The van der Waals surface area contributed by atoms with E-state index in [2.05, 4.69) is 10.3 Å². The molecule has 0 unspecified atom stereocenters. The molecule has 0 saturated carbocycles. The van der Waals surface area contributed by atoms with Crippen LogP contribution in [0.3, 0.4) is 0 Å². The molecule has 0 atom stereocenters. The predicted molar refractivity (Wildman–Crippen MR) is 64.6 cm³/mol. The Bertz CT molecular complexity index is 430. The molecular formula is C12H15F2N3. The molecule has 1 aromatic carbocycles. The van der Waals surface area contributed by atoms with E-state index >= 15 is 0 Å². The number of anilines is 1. The number of rotatable bonds is 3. The molecule has 5 heteroatoms. The predicted octanol–water partition coefficient (Wildman–Crippen LogP) is 2.17. The van der Waals surface area contributed by atoms with Crippen molar-refractivity contribution in [2.45, 2.75) is 25.7 Å². The summed E-state index contributed by atoms with van der Waals surface area (Å²) < 4.78 is 23.8. The topological polar surface area (TPSA) is 50.4 Å². The minimum atomic E-state index is -2.46. The first-order chi connectivity index (χ1) is 8.15. The highest BCUT2D eigenvalue weighted by Gasteiger charge is 2.10. The average molecular weight is 239 g/mol. The van der Waals surface area contributed by atoms with Crippen LogP contribution in [0.1, 0.15) is 17.5 Å². The number of nitrogens with zero attached hydrogens (tertiary/aromatic N) is 1. The van der Waals surface area contributed by atoms with Crippen LogP contribution in [-0.2, 0) is 12.8 Å². The molecule has 0 spiro atoms. The Hall–Kier alpha value is -1.65. The third kappa shape index (κ3) is 3.15. The second-order valence-electron chi connectivity index (χ2n) is 4.08. The van der Waals surface area contributed by atoms with Crippen LogP contribution >= 0.6 is 0 Å². The monoisotopic (exact) mass is 239 g/mol. The largest absolute Gasteiger partial charge is 0.370 e. The standard InChI is InChI=1S/C12H15F2N3/c13-11(14)7-16-12(15)17-10-5-4-8-2-1-3-9(8)6-10/h4-6,11H,1-3,7H2,(H3,15,16,17). The molecule has 0 radical (unpaired) electrons. The Morgan fingerprint density at radius 2 is 2.12 bits per heavy atom. The van der Waals surface area contributed by atoms with Crippen LogP contribution in [0.4, 0.5) is 14.5 Å². The van der Waals surface area contributed by atoms with Gasteiger partial charge in [-0.2, -0.15) is 0 Å². The van der Waals surface area contributed by atoms with Gasteiger partial charge in [0.25, 0.3) is 6.43 Å². The molecule has 92 valence electrons. The second-order valence-corrected chi connectivity index (χ2v) is 4.08. The highest BCUT2D eigenvalue weighted by molar-refractivity contribution is 5.92. The Labute approximate surface area is 98.7 Å². The maximum absolute atomic E-state index is 11.9. The summed E-state index contributed by atoms with van der Waals surface area (Å²) in [6.07, 6.45) is 0.896. The molecule has 0 fully saturated rings. The lowest BCUT2D eigenvalue weighted by Gasteiger charge is -2.07. The molecule has 1 aromatic rings. The number of aryl methyl sites for hydroxylation is 2. The first kappa shape index (κ1) is 11.8. The van der Waals surface area contributed by atoms with Crippen molar-refractivity contribution in [2.75, 3.05) is 11.9 Å². The Morgan fingerprint density at radius 1 is 1.35 bits per heavy atom. The highest BCUT2D eigenvalue weighted by Crippen LogP contribution is 2.24. The van der Waals surface area contributed by atoms with Gasteiger partial charge in [0, 0.05) is 5.69 Å². The normalized spacial score (nSPS) is 15.1. The molecule has 17 heavy (non-hydrogen) atoms. The molecule has 1 aliphatic carbocycles. The van der Waals surface area contributed by atoms with Gasteiger partial charge in [0.2, 0.25) is 0 Å². The number of halogens is 2. The van der Waals surface area contributed by atoms with Gasteiger partial charge in [-0.25, -0.2) is 13.8 Å². The van der Waals surface area contributed by atoms with E-state index in [0.29, 0.717) is 0 Å². The molecule has 0 bridgehead atoms. The van der Waals surface area contributed by atoms with E-state index in [1.165, 1.54) is 17.5 Å². The van der Waals surface area contributed by atoms with Crippen molar-refractivity contribution in [3.63, 3.8) is 0 Å². The van der Waals surface area contributed by atoms with Crippen molar-refractivity contribution in [1.29, 1.82) is 0 Å². The Balaban J connectivity index is 2.01. The number of aliphatic imine (C=N–C) groups is 1. The lowest BCUT2D eigenvalue weighted by Crippen LogP contribution is -2.23. The molecule has 0 aromatic heterocycles. The van der Waals surface area contributed by atoms with E-state index in [1.54, 1.807) is 0 Å². The summed E-state index contributed by atoms with van der Waals surface area (Å²) in [5, 5.41) is 2.82. The van der Waals surface area contributed by atoms with Crippen LogP contribution in [0.25, 0.3) is 0 Å². The molecule has 0 saturated heterocycles. The van der Waals surface area contributed by atoms with Crippen molar-refractivity contribution in [1.82, 2.24) is 0 Å². The maximum Gasteiger partial charge on any atom is 0.257 e. The zero-order valence-electron chi connectivity index (χ0n) is 9.42. The maximum atomic E-state index is 11.9. The minimum Gasteiger partial charge on any atom is -0.370 e. The van der Waals surface area contributed by atoms with Crippen LogP contribution in [0.15, 0.2) is 23.2 Å². The number of fused-ring (bicyclic) bond motifs is 1. The van der Waals surface area contributed by atoms with Gasteiger partial charge in [0.15, 0.2) is 5.96 Å². The van der Waals surface area contributed by atoms with Crippen LogP contribution in [0.2, 0.25) is 0 Å². The fourth-order valence-corrected chi connectivity index (χ4v) is 2.00. The van der Waals surface area contributed by atoms with Gasteiger partial charge in [0.1, 0.15) is 6.54 Å². The fraction of sp³-hybridized carbons (Fsp3) is 0.417. The van der Waals surface area contributed by atoms with Gasteiger partial charge >= 0.3 is 0 Å². The number of nitrogens with one attached hydrogen (secondary N) is 1. The lowest BCUT2D eigenvalue weighted by molar-refractivity contribution is 0.158. The summed E-state index contributed by atoms with van der Waals surface area (Å²) in [6, 6.07) is 5.95. The van der Waals surface area contributed by atoms with Gasteiger partial charge < -0.3 is 11.1 Å². The molecule has 2 rings (SSSR count). The molecule has 1 aliphatic rings. The molecule has 0 heterocycles. The SMILES string of the molecule is NC(=NCC(F)F)Nc1ccc2c(c1)CCC2. The van der Waals surface area contributed by atoms with Gasteiger partial charge in [0.05, 0.1) is 0 Å². The number of nitrogens with two attached hydrogens (primary N) is 1. The minimum absolute atomic E-state index is 0.0308. The average Bonchev–Trinajstić information content (AvgIpc) is 2.73. The van der Waals surface area contributed by atoms with E-state index in [1.807, 2.05) is 18.2 Å². The van der Waals surface area contributed by atoms with E-state index in [4.69, 9.17) is 5.73 Å². The highest BCUT2D eigenvalue weighted by atomic mass is 19.3. The van der Waals surface area contributed by atoms with Crippen molar-refractivity contribution >= 4 is 11.6 Å². The summed E-state index contributed by atoms with van der Waals surface area (Å²) in [4.78, 5) is 3.55. The quantitative estimate of drug-likeness (QED) is 0.627. The molecular weight excluding hydrogens is 224 g/mol. The number of benzene rings is 1. The third-order valence-corrected chi connectivity index (χ3v) is 2.77. The van der Waals surface area contributed by atoms with Crippen molar-refractivity contribution in [3.05, 3.63) is 29.3 Å². The first-order valence-corrected chi connectivity index (χ1v) is 5.62. The second kappa shape index (κ2) is 5.12. The summed E-state index contributed by atoms with van der Waals surface area (Å²) in [6.45, 7) is -0.566. The summed E-state index contributed by atoms with van der Waals surface area (Å²) in [7, 11) is 0. The number of guanidine groups is 1. The van der Waals surface area contributed by atoms with Gasteiger partial charge in [-0.1, -0.05) is 6.07 Å². The Kier molecular flexibility index (Phi) is 3.56. The fourth-order valence-electron chi connectivity index (χ4n) is 2.00. The van der Waals surface area contributed by atoms with Gasteiger partial charge in [-0.05, 0) is 42.5 Å². The first-order valence-electron chi connectivity index (χ1n) is 5.62. The van der Waals surface area contributed by atoms with E-state index < -0.39 is 13.0 Å².